The second-order valence-corrected chi connectivity index (χ2v) is 7.64. The van der Waals surface area contributed by atoms with E-state index in [0.29, 0.717) is 12.0 Å². The Hall–Kier alpha value is -0.570. The predicted octanol–water partition coefficient (Wildman–Crippen LogP) is 2.45. The van der Waals surface area contributed by atoms with E-state index < -0.39 is 0 Å². The van der Waals surface area contributed by atoms with E-state index in [-0.39, 0.29) is 11.9 Å². The number of hydrogen-bond acceptors (Lipinski definition) is 2. The topological polar surface area (TPSA) is 55.1 Å². The Morgan fingerprint density at radius 2 is 1.74 bits per heavy atom. The van der Waals surface area contributed by atoms with Crippen molar-refractivity contribution < 1.29 is 4.79 Å². The summed E-state index contributed by atoms with van der Waals surface area (Å²) >= 11 is 0. The van der Waals surface area contributed by atoms with Gasteiger partial charge in [-0.2, -0.15) is 0 Å². The highest BCUT2D eigenvalue weighted by Crippen LogP contribution is 2.61. The number of nitrogens with one attached hydrogen (secondary N) is 1. The molecule has 108 valence electrons. The zero-order chi connectivity index (χ0) is 13.5. The molecule has 1 atom stereocenters. The molecule has 3 heteroatoms. The van der Waals surface area contributed by atoms with E-state index in [1.165, 1.54) is 38.5 Å². The molecule has 1 unspecified atom stereocenters. The zero-order valence-electron chi connectivity index (χ0n) is 12.2. The van der Waals surface area contributed by atoms with Crippen molar-refractivity contribution in [3.63, 3.8) is 0 Å². The largest absolute Gasteiger partial charge is 0.354 e. The second kappa shape index (κ2) is 5.08. The standard InChI is InChI=1S/C16H28N2O/c1-11(2-3-17)18-15(19)10-16-7-12-4-13(8-16)6-14(5-12)9-16/h11-14H,2-10,17H2,1H3,(H,18,19). The highest BCUT2D eigenvalue weighted by molar-refractivity contribution is 5.77. The normalized spacial score (nSPS) is 41.3. The van der Waals surface area contributed by atoms with Crippen LogP contribution in [0, 0.1) is 23.2 Å². The molecule has 3 nitrogen and oxygen atoms in total. The minimum Gasteiger partial charge on any atom is -0.354 e. The quantitative estimate of drug-likeness (QED) is 0.801. The van der Waals surface area contributed by atoms with Gasteiger partial charge in [-0.05, 0) is 81.6 Å². The van der Waals surface area contributed by atoms with Crippen LogP contribution in [-0.2, 0) is 4.79 Å². The molecule has 0 aromatic rings. The molecule has 0 aromatic carbocycles. The molecule has 19 heavy (non-hydrogen) atoms. The summed E-state index contributed by atoms with van der Waals surface area (Å²) in [7, 11) is 0. The highest BCUT2D eigenvalue weighted by Gasteiger charge is 2.51. The van der Waals surface area contributed by atoms with Crippen LogP contribution in [0.3, 0.4) is 0 Å². The fraction of sp³-hybridized carbons (Fsp3) is 0.938. The lowest BCUT2D eigenvalue weighted by Crippen LogP contribution is -2.48. The monoisotopic (exact) mass is 264 g/mol. The van der Waals surface area contributed by atoms with E-state index in [1.807, 2.05) is 0 Å². The van der Waals surface area contributed by atoms with E-state index in [9.17, 15) is 4.79 Å². The Morgan fingerprint density at radius 3 is 2.21 bits per heavy atom. The maximum absolute atomic E-state index is 12.3. The van der Waals surface area contributed by atoms with Gasteiger partial charge >= 0.3 is 0 Å². The number of amides is 1. The van der Waals surface area contributed by atoms with E-state index in [2.05, 4.69) is 12.2 Å². The lowest BCUT2D eigenvalue weighted by Gasteiger charge is -2.56. The van der Waals surface area contributed by atoms with Gasteiger partial charge in [0.05, 0.1) is 0 Å². The molecule has 1 amide bonds. The van der Waals surface area contributed by atoms with Gasteiger partial charge in [0.15, 0.2) is 0 Å². The Morgan fingerprint density at radius 1 is 1.21 bits per heavy atom. The summed E-state index contributed by atoms with van der Waals surface area (Å²) in [5.41, 5.74) is 5.90. The van der Waals surface area contributed by atoms with Crippen molar-refractivity contribution in [3.05, 3.63) is 0 Å². The Balaban J connectivity index is 1.58. The number of rotatable bonds is 5. The summed E-state index contributed by atoms with van der Waals surface area (Å²) in [4.78, 5) is 12.3. The van der Waals surface area contributed by atoms with Crippen molar-refractivity contribution in [1.82, 2.24) is 5.32 Å². The second-order valence-electron chi connectivity index (χ2n) is 7.64. The minimum atomic E-state index is 0.228. The van der Waals surface area contributed by atoms with Crippen molar-refractivity contribution in [2.45, 2.75) is 64.3 Å². The van der Waals surface area contributed by atoms with Crippen LogP contribution < -0.4 is 11.1 Å². The molecule has 0 aromatic heterocycles. The first-order valence-electron chi connectivity index (χ1n) is 8.08. The Bertz CT molecular complexity index is 317. The molecule has 0 saturated heterocycles. The third kappa shape index (κ3) is 2.81. The van der Waals surface area contributed by atoms with Gasteiger partial charge in [-0.15, -0.1) is 0 Å². The minimum absolute atomic E-state index is 0.228. The van der Waals surface area contributed by atoms with Gasteiger partial charge in [-0.25, -0.2) is 0 Å². The van der Waals surface area contributed by atoms with Crippen molar-refractivity contribution in [3.8, 4) is 0 Å². The highest BCUT2D eigenvalue weighted by atomic mass is 16.1. The van der Waals surface area contributed by atoms with Gasteiger partial charge in [-0.1, -0.05) is 0 Å². The summed E-state index contributed by atoms with van der Waals surface area (Å²) in [5.74, 6) is 3.06. The summed E-state index contributed by atoms with van der Waals surface area (Å²) < 4.78 is 0. The molecule has 4 aliphatic carbocycles. The maximum Gasteiger partial charge on any atom is 0.220 e. The van der Waals surface area contributed by atoms with Crippen LogP contribution in [0.4, 0.5) is 0 Å². The first-order chi connectivity index (χ1) is 9.08. The lowest BCUT2D eigenvalue weighted by atomic mass is 9.49. The molecule has 4 fully saturated rings. The number of carbonyl (C=O) groups is 1. The van der Waals surface area contributed by atoms with Gasteiger partial charge < -0.3 is 11.1 Å². The first-order valence-corrected chi connectivity index (χ1v) is 8.08. The van der Waals surface area contributed by atoms with Gasteiger partial charge in [0.1, 0.15) is 0 Å². The van der Waals surface area contributed by atoms with E-state index in [4.69, 9.17) is 5.73 Å². The smallest absolute Gasteiger partial charge is 0.220 e. The van der Waals surface area contributed by atoms with Crippen LogP contribution in [0.1, 0.15) is 58.3 Å². The van der Waals surface area contributed by atoms with Gasteiger partial charge in [0, 0.05) is 12.5 Å². The molecular weight excluding hydrogens is 236 g/mol. The van der Waals surface area contributed by atoms with Crippen molar-refractivity contribution in [1.29, 1.82) is 0 Å². The fourth-order valence-electron chi connectivity index (χ4n) is 5.50. The molecule has 4 bridgehead atoms. The van der Waals surface area contributed by atoms with Crippen LogP contribution in [0.15, 0.2) is 0 Å². The molecule has 3 N–H and O–H groups in total. The summed E-state index contributed by atoms with van der Waals surface area (Å²) in [5, 5.41) is 3.14. The van der Waals surface area contributed by atoms with Crippen molar-refractivity contribution in [2.24, 2.45) is 28.9 Å². The molecule has 0 radical (unpaired) electrons. The zero-order valence-corrected chi connectivity index (χ0v) is 12.2. The first kappa shape index (κ1) is 13.4. The maximum atomic E-state index is 12.3. The van der Waals surface area contributed by atoms with Crippen LogP contribution in [-0.4, -0.2) is 18.5 Å². The molecule has 4 saturated carbocycles. The molecule has 0 spiro atoms. The summed E-state index contributed by atoms with van der Waals surface area (Å²) in [6, 6.07) is 0.228. The third-order valence-corrected chi connectivity index (χ3v) is 5.71. The molecule has 4 aliphatic rings. The third-order valence-electron chi connectivity index (χ3n) is 5.71. The average Bonchev–Trinajstić information content (AvgIpc) is 2.25. The van der Waals surface area contributed by atoms with E-state index >= 15 is 0 Å². The van der Waals surface area contributed by atoms with Crippen molar-refractivity contribution in [2.75, 3.05) is 6.54 Å². The van der Waals surface area contributed by atoms with Crippen LogP contribution in [0.5, 0.6) is 0 Å². The van der Waals surface area contributed by atoms with Crippen LogP contribution in [0.2, 0.25) is 0 Å². The summed E-state index contributed by atoms with van der Waals surface area (Å²) in [6.07, 6.45) is 9.95. The number of nitrogens with two attached hydrogens (primary N) is 1. The van der Waals surface area contributed by atoms with E-state index in [1.54, 1.807) is 0 Å². The number of carbonyl (C=O) groups excluding carboxylic acids is 1. The SMILES string of the molecule is CC(CCN)NC(=O)CC12CC3CC(CC(C3)C1)C2. The van der Waals surface area contributed by atoms with Crippen molar-refractivity contribution >= 4 is 5.91 Å². The molecule has 4 rings (SSSR count). The van der Waals surface area contributed by atoms with Crippen LogP contribution >= 0.6 is 0 Å². The number of hydrogen-bond donors (Lipinski definition) is 2. The van der Waals surface area contributed by atoms with Gasteiger partial charge in [0.25, 0.3) is 0 Å². The van der Waals surface area contributed by atoms with E-state index in [0.717, 1.165) is 30.6 Å². The van der Waals surface area contributed by atoms with Gasteiger partial charge in [-0.3, -0.25) is 4.79 Å². The van der Waals surface area contributed by atoms with Gasteiger partial charge in [0.2, 0.25) is 5.91 Å². The predicted molar refractivity (Wildman–Crippen MR) is 76.5 cm³/mol. The molecular formula is C16H28N2O. The Kier molecular flexibility index (Phi) is 3.59. The fourth-order valence-corrected chi connectivity index (χ4v) is 5.50. The van der Waals surface area contributed by atoms with Crippen LogP contribution in [0.25, 0.3) is 0 Å². The Labute approximate surface area is 116 Å². The molecule has 0 aliphatic heterocycles. The molecule has 0 heterocycles. The lowest BCUT2D eigenvalue weighted by molar-refractivity contribution is -0.130. The average molecular weight is 264 g/mol. The summed E-state index contributed by atoms with van der Waals surface area (Å²) in [6.45, 7) is 2.71.